The Morgan fingerprint density at radius 2 is 1.59 bits per heavy atom. The van der Waals surface area contributed by atoms with E-state index in [-0.39, 0.29) is 5.41 Å². The molecule has 1 saturated heterocycles. The van der Waals surface area contributed by atoms with E-state index in [0.29, 0.717) is 5.54 Å². The van der Waals surface area contributed by atoms with Crippen molar-refractivity contribution >= 4 is 0 Å². The van der Waals surface area contributed by atoms with Gasteiger partial charge in [0.2, 0.25) is 0 Å². The Labute approximate surface area is 135 Å². The molecule has 0 saturated carbocycles. The third-order valence-electron chi connectivity index (χ3n) is 4.26. The highest BCUT2D eigenvalue weighted by Crippen LogP contribution is 2.19. The van der Waals surface area contributed by atoms with Crippen molar-refractivity contribution in [2.75, 3.05) is 32.7 Å². The molecule has 0 atom stereocenters. The van der Waals surface area contributed by atoms with Crippen molar-refractivity contribution in [2.24, 2.45) is 5.41 Å². The van der Waals surface area contributed by atoms with Crippen molar-refractivity contribution in [2.45, 2.75) is 60.0 Å². The molecule has 0 aliphatic carbocycles. The lowest BCUT2D eigenvalue weighted by Crippen LogP contribution is -2.53. The van der Waals surface area contributed by atoms with Gasteiger partial charge in [-0.2, -0.15) is 0 Å². The van der Waals surface area contributed by atoms with Crippen molar-refractivity contribution in [1.82, 2.24) is 24.8 Å². The largest absolute Gasteiger partial charge is 0.299 e. The van der Waals surface area contributed by atoms with Crippen LogP contribution in [0.4, 0.5) is 0 Å². The fourth-order valence-corrected chi connectivity index (χ4v) is 2.96. The van der Waals surface area contributed by atoms with Gasteiger partial charge in [-0.05, 0) is 32.6 Å². The van der Waals surface area contributed by atoms with Gasteiger partial charge in [0.25, 0.3) is 0 Å². The van der Waals surface area contributed by atoms with Crippen molar-refractivity contribution in [3.63, 3.8) is 0 Å². The lowest BCUT2D eigenvalue weighted by molar-refractivity contribution is 0.0604. The van der Waals surface area contributed by atoms with E-state index in [1.165, 1.54) is 0 Å². The summed E-state index contributed by atoms with van der Waals surface area (Å²) in [4.78, 5) is 5.10. The number of piperazine rings is 1. The van der Waals surface area contributed by atoms with Gasteiger partial charge >= 0.3 is 0 Å². The van der Waals surface area contributed by atoms with Gasteiger partial charge in [-0.1, -0.05) is 26.0 Å². The van der Waals surface area contributed by atoms with Crippen LogP contribution in [0.5, 0.6) is 0 Å². The molecule has 1 fully saturated rings. The van der Waals surface area contributed by atoms with E-state index in [0.717, 1.165) is 51.4 Å². The lowest BCUT2D eigenvalue weighted by Gasteiger charge is -2.42. The third kappa shape index (κ3) is 5.36. The molecule has 0 amide bonds. The van der Waals surface area contributed by atoms with Crippen molar-refractivity contribution in [3.05, 3.63) is 11.9 Å². The summed E-state index contributed by atoms with van der Waals surface area (Å²) >= 11 is 0. The third-order valence-corrected chi connectivity index (χ3v) is 4.26. The summed E-state index contributed by atoms with van der Waals surface area (Å²) < 4.78 is 2.00. The predicted molar refractivity (Wildman–Crippen MR) is 90.9 cm³/mol. The zero-order chi connectivity index (χ0) is 16.4. The van der Waals surface area contributed by atoms with Crippen LogP contribution in [0.25, 0.3) is 0 Å². The van der Waals surface area contributed by atoms with E-state index >= 15 is 0 Å². The molecular weight excluding hydrogens is 274 g/mol. The van der Waals surface area contributed by atoms with Crippen molar-refractivity contribution in [1.29, 1.82) is 0 Å². The standard InChI is InChI=1S/C17H33N5/c1-16(2,3)13-15-14-22(19-18-15)12-9-20-7-10-21(11-8-20)17(4,5)6/h14H,7-13H2,1-6H3. The zero-order valence-electron chi connectivity index (χ0n) is 15.3. The SMILES string of the molecule is CC(C)(C)Cc1cn(CCN2CCN(C(C)(C)C)CC2)nn1. The van der Waals surface area contributed by atoms with Crippen LogP contribution in [0.3, 0.4) is 0 Å². The number of aromatic nitrogens is 3. The number of hydrogen-bond donors (Lipinski definition) is 0. The number of rotatable bonds is 4. The van der Waals surface area contributed by atoms with E-state index in [9.17, 15) is 0 Å². The second-order valence-corrected chi connectivity index (χ2v) is 8.71. The minimum Gasteiger partial charge on any atom is -0.299 e. The second-order valence-electron chi connectivity index (χ2n) is 8.71. The molecule has 0 unspecified atom stereocenters. The Bertz CT molecular complexity index is 458. The molecule has 0 radical (unpaired) electrons. The van der Waals surface area contributed by atoms with Crippen LogP contribution >= 0.6 is 0 Å². The molecule has 22 heavy (non-hydrogen) atoms. The van der Waals surface area contributed by atoms with Crippen LogP contribution in [-0.2, 0) is 13.0 Å². The van der Waals surface area contributed by atoms with Gasteiger partial charge in [0.1, 0.15) is 0 Å². The molecule has 0 N–H and O–H groups in total. The van der Waals surface area contributed by atoms with Crippen LogP contribution in [-0.4, -0.2) is 63.1 Å². The molecule has 1 aliphatic rings. The van der Waals surface area contributed by atoms with Gasteiger partial charge in [0, 0.05) is 44.5 Å². The highest BCUT2D eigenvalue weighted by atomic mass is 15.4. The Hall–Kier alpha value is -0.940. The fraction of sp³-hybridized carbons (Fsp3) is 0.882. The van der Waals surface area contributed by atoms with Gasteiger partial charge in [0.05, 0.1) is 12.2 Å². The molecule has 2 rings (SSSR count). The van der Waals surface area contributed by atoms with Gasteiger partial charge in [-0.25, -0.2) is 0 Å². The maximum absolute atomic E-state index is 4.30. The summed E-state index contributed by atoms with van der Waals surface area (Å²) in [5.74, 6) is 0. The first kappa shape index (κ1) is 17.4. The topological polar surface area (TPSA) is 37.2 Å². The first-order chi connectivity index (χ1) is 10.1. The monoisotopic (exact) mass is 307 g/mol. The van der Waals surface area contributed by atoms with Crippen molar-refractivity contribution in [3.8, 4) is 0 Å². The van der Waals surface area contributed by atoms with Crippen LogP contribution in [0.15, 0.2) is 6.20 Å². The summed E-state index contributed by atoms with van der Waals surface area (Å²) in [7, 11) is 0. The summed E-state index contributed by atoms with van der Waals surface area (Å²) in [5.41, 5.74) is 1.66. The second kappa shape index (κ2) is 6.67. The first-order valence-corrected chi connectivity index (χ1v) is 8.50. The summed E-state index contributed by atoms with van der Waals surface area (Å²) in [6.07, 6.45) is 3.09. The highest BCUT2D eigenvalue weighted by molar-refractivity contribution is 4.96. The van der Waals surface area contributed by atoms with E-state index in [4.69, 9.17) is 0 Å². The van der Waals surface area contributed by atoms with Crippen LogP contribution in [0.2, 0.25) is 0 Å². The smallest absolute Gasteiger partial charge is 0.0832 e. The lowest BCUT2D eigenvalue weighted by atomic mass is 9.91. The van der Waals surface area contributed by atoms with Gasteiger partial charge in [0.15, 0.2) is 0 Å². The predicted octanol–water partition coefficient (Wildman–Crippen LogP) is 2.28. The Morgan fingerprint density at radius 3 is 2.14 bits per heavy atom. The molecule has 2 heterocycles. The summed E-state index contributed by atoms with van der Waals surface area (Å²) in [6, 6.07) is 0. The molecular formula is C17H33N5. The molecule has 1 aromatic heterocycles. The quantitative estimate of drug-likeness (QED) is 0.855. The van der Waals surface area contributed by atoms with Gasteiger partial charge in [-0.15, -0.1) is 5.10 Å². The summed E-state index contributed by atoms with van der Waals surface area (Å²) in [6.45, 7) is 20.2. The van der Waals surface area contributed by atoms with E-state index < -0.39 is 0 Å². The maximum atomic E-state index is 4.30. The molecule has 1 aliphatic heterocycles. The molecule has 126 valence electrons. The van der Waals surface area contributed by atoms with E-state index in [1.54, 1.807) is 0 Å². The van der Waals surface area contributed by atoms with E-state index in [1.807, 2.05) is 4.68 Å². The fourth-order valence-electron chi connectivity index (χ4n) is 2.96. The minimum absolute atomic E-state index is 0.268. The first-order valence-electron chi connectivity index (χ1n) is 8.50. The highest BCUT2D eigenvalue weighted by Gasteiger charge is 2.25. The minimum atomic E-state index is 0.268. The molecule has 0 bridgehead atoms. The van der Waals surface area contributed by atoms with Gasteiger partial charge in [-0.3, -0.25) is 14.5 Å². The normalized spacial score (nSPS) is 18.8. The Kier molecular flexibility index (Phi) is 5.28. The maximum Gasteiger partial charge on any atom is 0.0832 e. The number of hydrogen-bond acceptors (Lipinski definition) is 4. The molecule has 0 aromatic carbocycles. The van der Waals surface area contributed by atoms with E-state index in [2.05, 4.69) is 67.9 Å². The zero-order valence-corrected chi connectivity index (χ0v) is 15.3. The average molecular weight is 307 g/mol. The van der Waals surface area contributed by atoms with Crippen LogP contribution in [0.1, 0.15) is 47.2 Å². The Morgan fingerprint density at radius 1 is 0.955 bits per heavy atom. The average Bonchev–Trinajstić information content (AvgIpc) is 2.81. The Balaban J connectivity index is 1.75. The van der Waals surface area contributed by atoms with Crippen molar-refractivity contribution < 1.29 is 0 Å². The molecule has 5 heteroatoms. The van der Waals surface area contributed by atoms with Crippen LogP contribution in [0, 0.1) is 5.41 Å². The molecule has 5 nitrogen and oxygen atoms in total. The summed E-state index contributed by atoms with van der Waals surface area (Å²) in [5, 5.41) is 8.56. The molecule has 1 aromatic rings. The van der Waals surface area contributed by atoms with Crippen LogP contribution < -0.4 is 0 Å². The van der Waals surface area contributed by atoms with Gasteiger partial charge < -0.3 is 0 Å². The number of nitrogens with zero attached hydrogens (tertiary/aromatic N) is 5. The molecule has 0 spiro atoms.